The van der Waals surface area contributed by atoms with Crippen LogP contribution in [0.5, 0.6) is 5.75 Å². The van der Waals surface area contributed by atoms with E-state index < -0.39 is 5.97 Å². The minimum Gasteiger partial charge on any atom is -0.482 e. The molecule has 3 aromatic rings. The third kappa shape index (κ3) is 4.74. The Morgan fingerprint density at radius 2 is 2.03 bits per heavy atom. The number of rotatable bonds is 6. The van der Waals surface area contributed by atoms with Gasteiger partial charge in [0.2, 0.25) is 0 Å². The van der Waals surface area contributed by atoms with Crippen LogP contribution in [0.3, 0.4) is 0 Å². The summed E-state index contributed by atoms with van der Waals surface area (Å²) in [4.78, 5) is 42.5. The number of benzene rings is 2. The molecule has 0 fully saturated rings. The molecule has 0 spiro atoms. The summed E-state index contributed by atoms with van der Waals surface area (Å²) in [6.07, 6.45) is 0. The van der Waals surface area contributed by atoms with E-state index in [-0.39, 0.29) is 31.6 Å². The van der Waals surface area contributed by atoms with Crippen LogP contribution in [0.4, 0.5) is 10.8 Å². The highest BCUT2D eigenvalue weighted by atomic mass is 35.5. The lowest BCUT2D eigenvalue weighted by molar-refractivity contribution is -0.142. The van der Waals surface area contributed by atoms with Crippen molar-refractivity contribution >= 4 is 51.5 Å². The molecule has 2 amide bonds. The van der Waals surface area contributed by atoms with Crippen LogP contribution in [0.15, 0.2) is 47.8 Å². The summed E-state index contributed by atoms with van der Waals surface area (Å²) in [6.45, 7) is 1.58. The quantitative estimate of drug-likeness (QED) is 0.545. The number of nitrogens with one attached hydrogen (secondary N) is 1. The first kappa shape index (κ1) is 21.8. The fourth-order valence-electron chi connectivity index (χ4n) is 3.10. The Balaban J connectivity index is 1.55. The van der Waals surface area contributed by atoms with Crippen LogP contribution < -0.4 is 15.0 Å². The van der Waals surface area contributed by atoms with E-state index in [4.69, 9.17) is 21.1 Å². The first-order chi connectivity index (χ1) is 15.4. The molecule has 32 heavy (non-hydrogen) atoms. The average molecular weight is 472 g/mol. The monoisotopic (exact) mass is 471 g/mol. The van der Waals surface area contributed by atoms with E-state index in [0.717, 1.165) is 0 Å². The normalized spacial score (nSPS) is 12.7. The Hall–Kier alpha value is -3.43. The topological polar surface area (TPSA) is 97.8 Å². The molecule has 0 unspecified atom stereocenters. The predicted molar refractivity (Wildman–Crippen MR) is 121 cm³/mol. The zero-order valence-corrected chi connectivity index (χ0v) is 18.5. The van der Waals surface area contributed by atoms with Gasteiger partial charge >= 0.3 is 5.97 Å². The number of hydrogen-bond donors (Lipinski definition) is 1. The van der Waals surface area contributed by atoms with E-state index in [0.29, 0.717) is 38.4 Å². The molecule has 1 aliphatic rings. The lowest BCUT2D eigenvalue weighted by atomic mass is 10.1. The molecule has 0 saturated heterocycles. The van der Waals surface area contributed by atoms with Crippen LogP contribution in [-0.4, -0.2) is 42.5 Å². The lowest BCUT2D eigenvalue weighted by Gasteiger charge is -2.28. The van der Waals surface area contributed by atoms with Gasteiger partial charge in [-0.1, -0.05) is 11.6 Å². The van der Waals surface area contributed by atoms with Crippen LogP contribution in [0, 0.1) is 0 Å². The van der Waals surface area contributed by atoms with E-state index >= 15 is 0 Å². The standard InChI is InChI=1S/C22H18ClN3O5S/c1-2-30-20(28)10-26-17-9-14(5-8-18(17)31-11-19(26)27)16-12-32-22(24-16)25-21(29)13-3-6-15(23)7-4-13/h3-9,12H,2,10-11H2,1H3,(H,24,25,29). The average Bonchev–Trinajstić information content (AvgIpc) is 3.24. The molecule has 1 aliphatic heterocycles. The second-order valence-corrected chi connectivity index (χ2v) is 8.05. The fourth-order valence-corrected chi connectivity index (χ4v) is 3.95. The number of aromatic nitrogens is 1. The number of hydrogen-bond acceptors (Lipinski definition) is 7. The summed E-state index contributed by atoms with van der Waals surface area (Å²) in [6, 6.07) is 11.8. The maximum Gasteiger partial charge on any atom is 0.326 e. The number of thiazole rings is 1. The number of amides is 2. The Morgan fingerprint density at radius 3 is 2.78 bits per heavy atom. The van der Waals surface area contributed by atoms with Crippen molar-refractivity contribution in [3.05, 3.63) is 58.4 Å². The minimum absolute atomic E-state index is 0.149. The van der Waals surface area contributed by atoms with Gasteiger partial charge in [-0.3, -0.25) is 24.6 Å². The molecule has 2 aromatic carbocycles. The van der Waals surface area contributed by atoms with Crippen LogP contribution in [0.25, 0.3) is 11.3 Å². The highest BCUT2D eigenvalue weighted by Crippen LogP contribution is 2.36. The SMILES string of the molecule is CCOC(=O)CN1C(=O)COc2ccc(-c3csc(NC(=O)c4ccc(Cl)cc4)n3)cc21. The van der Waals surface area contributed by atoms with Gasteiger partial charge in [0.25, 0.3) is 11.8 Å². The van der Waals surface area contributed by atoms with Crippen molar-refractivity contribution < 1.29 is 23.9 Å². The van der Waals surface area contributed by atoms with Gasteiger partial charge in [0.1, 0.15) is 12.3 Å². The molecule has 10 heteroatoms. The number of ether oxygens (including phenoxy) is 2. The molecule has 8 nitrogen and oxygen atoms in total. The summed E-state index contributed by atoms with van der Waals surface area (Å²) in [5.74, 6) is -0.645. The van der Waals surface area contributed by atoms with Crippen molar-refractivity contribution in [1.82, 2.24) is 4.98 Å². The lowest BCUT2D eigenvalue weighted by Crippen LogP contribution is -2.42. The van der Waals surface area contributed by atoms with Gasteiger partial charge in [-0.15, -0.1) is 11.3 Å². The second-order valence-electron chi connectivity index (χ2n) is 6.75. The third-order valence-electron chi connectivity index (χ3n) is 4.62. The Bertz CT molecular complexity index is 1180. The smallest absolute Gasteiger partial charge is 0.326 e. The van der Waals surface area contributed by atoms with E-state index in [9.17, 15) is 14.4 Å². The Morgan fingerprint density at radius 1 is 1.25 bits per heavy atom. The van der Waals surface area contributed by atoms with Crippen molar-refractivity contribution in [3.63, 3.8) is 0 Å². The van der Waals surface area contributed by atoms with E-state index in [1.807, 2.05) is 0 Å². The molecule has 0 atom stereocenters. The molecule has 1 aromatic heterocycles. The minimum atomic E-state index is -0.500. The Kier molecular flexibility index (Phi) is 6.38. The molecule has 0 aliphatic carbocycles. The summed E-state index contributed by atoms with van der Waals surface area (Å²) in [5.41, 5.74) is 2.24. The number of halogens is 1. The number of carbonyl (C=O) groups is 3. The van der Waals surface area contributed by atoms with Gasteiger partial charge < -0.3 is 9.47 Å². The highest BCUT2D eigenvalue weighted by Gasteiger charge is 2.28. The van der Waals surface area contributed by atoms with Crippen molar-refractivity contribution in [2.24, 2.45) is 0 Å². The number of nitrogens with zero attached hydrogens (tertiary/aromatic N) is 2. The van der Waals surface area contributed by atoms with Gasteiger partial charge in [-0.2, -0.15) is 0 Å². The summed E-state index contributed by atoms with van der Waals surface area (Å²) >= 11 is 7.13. The molecule has 2 heterocycles. The van der Waals surface area contributed by atoms with Crippen LogP contribution in [-0.2, 0) is 14.3 Å². The number of esters is 1. The maximum absolute atomic E-state index is 12.4. The number of carbonyl (C=O) groups excluding carboxylic acids is 3. The maximum atomic E-state index is 12.4. The first-order valence-electron chi connectivity index (χ1n) is 9.70. The summed E-state index contributed by atoms with van der Waals surface area (Å²) in [7, 11) is 0. The van der Waals surface area contributed by atoms with E-state index in [1.165, 1.54) is 16.2 Å². The largest absolute Gasteiger partial charge is 0.482 e. The molecular formula is C22H18ClN3O5S. The molecule has 0 saturated carbocycles. The van der Waals surface area contributed by atoms with Crippen molar-refractivity contribution in [3.8, 4) is 17.0 Å². The van der Waals surface area contributed by atoms with Crippen molar-refractivity contribution in [1.29, 1.82) is 0 Å². The van der Waals surface area contributed by atoms with Gasteiger partial charge in [0, 0.05) is 21.5 Å². The van der Waals surface area contributed by atoms with Crippen LogP contribution in [0.2, 0.25) is 5.02 Å². The van der Waals surface area contributed by atoms with Gasteiger partial charge in [0.05, 0.1) is 18.0 Å². The molecule has 0 radical (unpaired) electrons. The fraction of sp³-hybridized carbons (Fsp3) is 0.182. The first-order valence-corrected chi connectivity index (χ1v) is 11.0. The van der Waals surface area contributed by atoms with E-state index in [2.05, 4.69) is 10.3 Å². The van der Waals surface area contributed by atoms with Crippen molar-refractivity contribution in [2.75, 3.05) is 30.0 Å². The molecule has 1 N–H and O–H groups in total. The second kappa shape index (κ2) is 9.37. The van der Waals surface area contributed by atoms with Gasteiger partial charge in [-0.25, -0.2) is 4.98 Å². The van der Waals surface area contributed by atoms with Gasteiger partial charge in [-0.05, 0) is 49.4 Å². The zero-order chi connectivity index (χ0) is 22.7. The van der Waals surface area contributed by atoms with Crippen molar-refractivity contribution in [2.45, 2.75) is 6.92 Å². The Labute approximate surface area is 192 Å². The highest BCUT2D eigenvalue weighted by molar-refractivity contribution is 7.14. The number of fused-ring (bicyclic) bond motifs is 1. The van der Waals surface area contributed by atoms with Gasteiger partial charge in [0.15, 0.2) is 11.7 Å². The van der Waals surface area contributed by atoms with Crippen LogP contribution in [0.1, 0.15) is 17.3 Å². The zero-order valence-electron chi connectivity index (χ0n) is 17.0. The molecular weight excluding hydrogens is 454 g/mol. The van der Waals surface area contributed by atoms with Crippen LogP contribution >= 0.6 is 22.9 Å². The van der Waals surface area contributed by atoms with E-state index in [1.54, 1.807) is 54.8 Å². The molecule has 4 rings (SSSR count). The third-order valence-corrected chi connectivity index (χ3v) is 5.63. The summed E-state index contributed by atoms with van der Waals surface area (Å²) < 4.78 is 10.5. The summed E-state index contributed by atoms with van der Waals surface area (Å²) in [5, 5.41) is 5.52. The molecule has 164 valence electrons. The molecule has 0 bridgehead atoms. The predicted octanol–water partition coefficient (Wildman–Crippen LogP) is 4.00. The number of anilines is 2.